The third kappa shape index (κ3) is 5.81. The minimum atomic E-state index is -0.940. The van der Waals surface area contributed by atoms with Gasteiger partial charge in [0.1, 0.15) is 11.9 Å². The van der Waals surface area contributed by atoms with Crippen LogP contribution in [0.5, 0.6) is 0 Å². The molecule has 3 atom stereocenters. The van der Waals surface area contributed by atoms with Crippen LogP contribution in [0.3, 0.4) is 0 Å². The summed E-state index contributed by atoms with van der Waals surface area (Å²) in [6, 6.07) is 2.58. The van der Waals surface area contributed by atoms with E-state index in [0.29, 0.717) is 41.0 Å². The molecule has 2 fully saturated rings. The van der Waals surface area contributed by atoms with Crippen LogP contribution in [0.4, 0.5) is 10.3 Å². The summed E-state index contributed by atoms with van der Waals surface area (Å²) in [6.45, 7) is 4.54. The fourth-order valence-corrected chi connectivity index (χ4v) is 5.32. The van der Waals surface area contributed by atoms with Gasteiger partial charge in [-0.3, -0.25) is 9.59 Å². The first-order valence-corrected chi connectivity index (χ1v) is 13.7. The minimum Gasteiger partial charge on any atom is -0.394 e. The third-order valence-corrected chi connectivity index (χ3v) is 7.74. The third-order valence-electron chi connectivity index (χ3n) is 7.46. The molecule has 5 rings (SSSR count). The lowest BCUT2D eigenvalue weighted by atomic mass is 10.0. The highest BCUT2D eigenvalue weighted by molar-refractivity contribution is 6.32. The first kappa shape index (κ1) is 28.0. The number of aryl methyl sites for hydroxylation is 1. The second-order valence-corrected chi connectivity index (χ2v) is 10.6. The lowest BCUT2D eigenvalue weighted by molar-refractivity contribution is -0.135. The highest BCUT2D eigenvalue weighted by atomic mass is 35.5. The zero-order valence-corrected chi connectivity index (χ0v) is 23.0. The number of hydrogen-bond donors (Lipinski definition) is 4. The standard InChI is InChI=1S/C28H32ClFN6O4/c1-15-3-4-22(30)19(9-15)24(14-37)34-26(38)16(2)36-13-23-20(27(36)39)10-17(11-31-23)25-21(29)12-32-28(35-25)33-18-5-7-40-8-6-18/h3-4,9-12,16,18,23-24,31,37H,5-8,13-14H2,1-2H3,(H,34,38)(H,32,33,35)/t16-,23?,24-/m1/s1. The van der Waals surface area contributed by atoms with E-state index in [-0.39, 0.29) is 30.1 Å². The van der Waals surface area contributed by atoms with E-state index >= 15 is 0 Å². The smallest absolute Gasteiger partial charge is 0.252 e. The highest BCUT2D eigenvalue weighted by Crippen LogP contribution is 2.31. The summed E-state index contributed by atoms with van der Waals surface area (Å²) in [6.07, 6.45) is 6.73. The van der Waals surface area contributed by atoms with Crippen molar-refractivity contribution in [2.24, 2.45) is 0 Å². The van der Waals surface area contributed by atoms with E-state index in [0.717, 1.165) is 18.4 Å². The maximum absolute atomic E-state index is 14.4. The van der Waals surface area contributed by atoms with Gasteiger partial charge >= 0.3 is 0 Å². The van der Waals surface area contributed by atoms with Gasteiger partial charge < -0.3 is 30.7 Å². The van der Waals surface area contributed by atoms with E-state index < -0.39 is 30.4 Å². The number of halogens is 2. The minimum absolute atomic E-state index is 0.190. The molecule has 10 nitrogen and oxygen atoms in total. The number of benzene rings is 1. The quantitative estimate of drug-likeness (QED) is 0.381. The van der Waals surface area contributed by atoms with Gasteiger partial charge in [-0.15, -0.1) is 0 Å². The topological polar surface area (TPSA) is 129 Å². The van der Waals surface area contributed by atoms with Crippen LogP contribution in [-0.4, -0.2) is 76.3 Å². The second-order valence-electron chi connectivity index (χ2n) is 10.2. The van der Waals surface area contributed by atoms with Crippen molar-refractivity contribution in [3.05, 3.63) is 69.9 Å². The van der Waals surface area contributed by atoms with E-state index in [1.165, 1.54) is 17.2 Å². The number of hydrogen-bond acceptors (Lipinski definition) is 8. The molecule has 3 aliphatic rings. The van der Waals surface area contributed by atoms with Crippen molar-refractivity contribution in [3.8, 4) is 0 Å². The number of fused-ring (bicyclic) bond motifs is 1. The van der Waals surface area contributed by atoms with Crippen LogP contribution in [0.25, 0.3) is 5.57 Å². The van der Waals surface area contributed by atoms with Crippen LogP contribution in [0.1, 0.15) is 42.6 Å². The molecule has 0 spiro atoms. The van der Waals surface area contributed by atoms with Crippen LogP contribution >= 0.6 is 11.6 Å². The molecule has 0 aliphatic carbocycles. The van der Waals surface area contributed by atoms with Gasteiger partial charge in [-0.2, -0.15) is 0 Å². The molecule has 0 bridgehead atoms. The number of likely N-dealkylation sites (tertiary alicyclic amines) is 1. The van der Waals surface area contributed by atoms with E-state index in [1.54, 1.807) is 38.3 Å². The van der Waals surface area contributed by atoms with Gasteiger partial charge in [-0.1, -0.05) is 29.3 Å². The summed E-state index contributed by atoms with van der Waals surface area (Å²) in [5, 5.41) is 19.5. The van der Waals surface area contributed by atoms with Gasteiger partial charge in [-0.25, -0.2) is 14.4 Å². The zero-order chi connectivity index (χ0) is 28.4. The van der Waals surface area contributed by atoms with Crippen molar-refractivity contribution in [3.63, 3.8) is 0 Å². The molecule has 2 amide bonds. The number of aliphatic hydroxyl groups is 1. The fraction of sp³-hybridized carbons (Fsp3) is 0.429. The summed E-state index contributed by atoms with van der Waals surface area (Å²) < 4.78 is 19.8. The van der Waals surface area contributed by atoms with Crippen molar-refractivity contribution in [2.75, 3.05) is 31.7 Å². The molecule has 212 valence electrons. The number of rotatable bonds is 8. The van der Waals surface area contributed by atoms with E-state index in [1.807, 2.05) is 0 Å². The fourth-order valence-electron chi connectivity index (χ4n) is 5.12. The first-order chi connectivity index (χ1) is 19.2. The molecular weight excluding hydrogens is 539 g/mol. The number of aliphatic hydroxyl groups excluding tert-OH is 1. The average molecular weight is 571 g/mol. The molecule has 1 aromatic heterocycles. The number of allylic oxidation sites excluding steroid dienone is 2. The van der Waals surface area contributed by atoms with E-state index in [4.69, 9.17) is 16.3 Å². The van der Waals surface area contributed by atoms with Crippen molar-refractivity contribution in [1.29, 1.82) is 0 Å². The largest absolute Gasteiger partial charge is 0.394 e. The predicted molar refractivity (Wildman–Crippen MR) is 148 cm³/mol. The zero-order valence-electron chi connectivity index (χ0n) is 22.3. The van der Waals surface area contributed by atoms with E-state index in [9.17, 15) is 19.1 Å². The number of nitrogens with zero attached hydrogens (tertiary/aromatic N) is 3. The number of carbonyl (C=O) groups is 2. The Morgan fingerprint density at radius 1 is 1.35 bits per heavy atom. The van der Waals surface area contributed by atoms with Gasteiger partial charge in [-0.05, 0) is 38.8 Å². The number of anilines is 1. The van der Waals surface area contributed by atoms with E-state index in [2.05, 4.69) is 25.9 Å². The number of dihydropyridines is 1. The van der Waals surface area contributed by atoms with Crippen LogP contribution < -0.4 is 16.0 Å². The molecule has 12 heteroatoms. The number of ether oxygens (including phenoxy) is 1. The van der Waals surface area contributed by atoms with Crippen LogP contribution in [-0.2, 0) is 14.3 Å². The van der Waals surface area contributed by atoms with Gasteiger partial charge in [0.25, 0.3) is 5.91 Å². The van der Waals surface area contributed by atoms with Gasteiger partial charge in [0.15, 0.2) is 0 Å². The van der Waals surface area contributed by atoms with Crippen molar-refractivity contribution in [2.45, 2.75) is 50.9 Å². The van der Waals surface area contributed by atoms with Crippen molar-refractivity contribution in [1.82, 2.24) is 25.5 Å². The molecule has 3 aliphatic heterocycles. The summed E-state index contributed by atoms with van der Waals surface area (Å²) in [4.78, 5) is 36.9. The lowest BCUT2D eigenvalue weighted by Gasteiger charge is -2.26. The maximum Gasteiger partial charge on any atom is 0.252 e. The Hall–Kier alpha value is -3.54. The SMILES string of the molecule is Cc1ccc(F)c([C@@H](CO)NC(=O)[C@@H](C)N2CC3NC=C(c4nc(NC5CCOCC5)ncc4Cl)C=C3C2=O)c1. The Bertz CT molecular complexity index is 1360. The monoisotopic (exact) mass is 570 g/mol. The Labute approximate surface area is 236 Å². The molecule has 2 aromatic rings. The van der Waals surface area contributed by atoms with Crippen molar-refractivity contribution < 1.29 is 23.8 Å². The number of nitrogens with one attached hydrogen (secondary N) is 3. The molecule has 2 saturated heterocycles. The summed E-state index contributed by atoms with van der Waals surface area (Å²) in [5.74, 6) is -0.883. The first-order valence-electron chi connectivity index (χ1n) is 13.3. The summed E-state index contributed by atoms with van der Waals surface area (Å²) >= 11 is 6.44. The molecule has 0 saturated carbocycles. The van der Waals surface area contributed by atoms with Crippen molar-refractivity contribution >= 4 is 34.9 Å². The molecular formula is C28H32ClFN6O4. The number of amides is 2. The number of aromatic nitrogens is 2. The van der Waals surface area contributed by atoms with Gasteiger partial charge in [0.05, 0.1) is 35.6 Å². The normalized spacial score (nSPS) is 20.7. The molecule has 0 radical (unpaired) electrons. The van der Waals surface area contributed by atoms with Crippen LogP contribution in [0.15, 0.2) is 42.2 Å². The van der Waals surface area contributed by atoms with Crippen LogP contribution in [0, 0.1) is 12.7 Å². The maximum atomic E-state index is 14.4. The van der Waals surface area contributed by atoms with Gasteiger partial charge in [0.2, 0.25) is 11.9 Å². The Morgan fingerprint density at radius 3 is 2.88 bits per heavy atom. The Morgan fingerprint density at radius 2 is 2.12 bits per heavy atom. The molecule has 1 unspecified atom stereocenters. The highest BCUT2D eigenvalue weighted by Gasteiger charge is 2.41. The Balaban J connectivity index is 1.29. The Kier molecular flexibility index (Phi) is 8.34. The predicted octanol–water partition coefficient (Wildman–Crippen LogP) is 2.49. The number of carbonyl (C=O) groups excluding carboxylic acids is 2. The average Bonchev–Trinajstić information content (AvgIpc) is 3.29. The van der Waals surface area contributed by atoms with Gasteiger partial charge in [0, 0.05) is 48.7 Å². The molecule has 4 N–H and O–H groups in total. The molecule has 40 heavy (non-hydrogen) atoms. The summed E-state index contributed by atoms with van der Waals surface area (Å²) in [5.41, 5.74) is 2.57. The summed E-state index contributed by atoms with van der Waals surface area (Å²) in [7, 11) is 0. The lowest BCUT2D eigenvalue weighted by Crippen LogP contribution is -2.48. The molecule has 1 aromatic carbocycles. The second kappa shape index (κ2) is 11.9. The molecule has 4 heterocycles. The van der Waals surface area contributed by atoms with Crippen LogP contribution in [0.2, 0.25) is 5.02 Å².